The highest BCUT2D eigenvalue weighted by Crippen LogP contribution is 2.17. The fourth-order valence-electron chi connectivity index (χ4n) is 2.47. The predicted molar refractivity (Wildman–Crippen MR) is 80.0 cm³/mol. The largest absolute Gasteiger partial charge is 0.451 e. The van der Waals surface area contributed by atoms with Gasteiger partial charge in [0.2, 0.25) is 0 Å². The third-order valence-corrected chi connectivity index (χ3v) is 4.06. The first-order chi connectivity index (χ1) is 8.89. The summed E-state index contributed by atoms with van der Waals surface area (Å²) in [4.78, 5) is 4.85. The third-order valence-electron chi connectivity index (χ3n) is 4.06. The average Bonchev–Trinajstić information content (AvgIpc) is 2.34. The van der Waals surface area contributed by atoms with E-state index in [1.165, 1.54) is 0 Å². The van der Waals surface area contributed by atoms with Crippen molar-refractivity contribution < 1.29 is 10.0 Å². The molecule has 0 aromatic heterocycles. The second kappa shape index (κ2) is 8.22. The minimum atomic E-state index is -1.17. The highest BCUT2D eigenvalue weighted by atomic mass is 16.4. The van der Waals surface area contributed by atoms with E-state index in [1.54, 1.807) is 0 Å². The summed E-state index contributed by atoms with van der Waals surface area (Å²) in [6, 6.07) is 0. The van der Waals surface area contributed by atoms with Gasteiger partial charge in [0.05, 0.1) is 0 Å². The van der Waals surface area contributed by atoms with Gasteiger partial charge in [-0.2, -0.15) is 0 Å². The molecule has 6 heteroatoms. The Morgan fingerprint density at radius 2 is 1.74 bits per heavy atom. The lowest BCUT2D eigenvalue weighted by molar-refractivity contribution is 0.143. The molecule has 0 aliphatic carbocycles. The minimum absolute atomic E-state index is 0.135. The van der Waals surface area contributed by atoms with Gasteiger partial charge < -0.3 is 25.6 Å². The van der Waals surface area contributed by atoms with Crippen LogP contribution in [0.5, 0.6) is 0 Å². The van der Waals surface area contributed by atoms with Crippen molar-refractivity contribution in [1.29, 1.82) is 0 Å². The summed E-state index contributed by atoms with van der Waals surface area (Å²) in [5, 5.41) is 17.6. The van der Waals surface area contributed by atoms with E-state index in [9.17, 15) is 0 Å². The molecule has 19 heavy (non-hydrogen) atoms. The number of nitrogens with zero attached hydrogens (tertiary/aromatic N) is 2. The Balaban J connectivity index is 2.12. The number of likely N-dealkylation sites (N-methyl/N-ethyl adjacent to an activating group) is 1. The Hall–Kier alpha value is -0.135. The van der Waals surface area contributed by atoms with Crippen LogP contribution in [0.1, 0.15) is 32.6 Å². The summed E-state index contributed by atoms with van der Waals surface area (Å²) in [5.41, 5.74) is 6.18. The molecule has 4 N–H and O–H groups in total. The average molecular weight is 271 g/mol. The summed E-state index contributed by atoms with van der Waals surface area (Å²) in [7, 11) is 0.995. The maximum Gasteiger partial charge on any atom is 0.451 e. The predicted octanol–water partition coefficient (Wildman–Crippen LogP) is -0.0156. The van der Waals surface area contributed by atoms with Crippen molar-refractivity contribution >= 4 is 7.12 Å². The molecule has 1 aliphatic heterocycles. The Kier molecular flexibility index (Phi) is 7.32. The van der Waals surface area contributed by atoms with Crippen molar-refractivity contribution in [3.05, 3.63) is 0 Å². The second-order valence-electron chi connectivity index (χ2n) is 6.28. The summed E-state index contributed by atoms with van der Waals surface area (Å²) in [5.74, 6) is 0. The minimum Gasteiger partial charge on any atom is -0.427 e. The molecule has 1 fully saturated rings. The fraction of sp³-hybridized carbons (Fsp3) is 1.00. The molecule has 1 atom stereocenters. The molecule has 0 saturated carbocycles. The van der Waals surface area contributed by atoms with Gasteiger partial charge in [0.1, 0.15) is 0 Å². The van der Waals surface area contributed by atoms with Crippen LogP contribution in [0.3, 0.4) is 0 Å². The van der Waals surface area contributed by atoms with E-state index in [1.807, 2.05) is 0 Å². The summed E-state index contributed by atoms with van der Waals surface area (Å²) < 4.78 is 0. The first-order valence-corrected chi connectivity index (χ1v) is 7.45. The van der Waals surface area contributed by atoms with Crippen LogP contribution in [-0.4, -0.2) is 72.3 Å². The molecule has 0 spiro atoms. The van der Waals surface area contributed by atoms with E-state index in [2.05, 4.69) is 23.8 Å². The van der Waals surface area contributed by atoms with Gasteiger partial charge in [-0.1, -0.05) is 12.8 Å². The van der Waals surface area contributed by atoms with Gasteiger partial charge in [-0.3, -0.25) is 0 Å². The van der Waals surface area contributed by atoms with E-state index in [4.69, 9.17) is 15.8 Å². The number of hydrogen-bond donors (Lipinski definition) is 3. The molecule has 1 heterocycles. The van der Waals surface area contributed by atoms with E-state index in [0.717, 1.165) is 58.4 Å². The van der Waals surface area contributed by atoms with Crippen LogP contribution >= 0.6 is 0 Å². The zero-order valence-corrected chi connectivity index (χ0v) is 12.5. The quantitative estimate of drug-likeness (QED) is 0.427. The normalized spacial score (nSPS) is 21.3. The Bertz CT molecular complexity index is 244. The van der Waals surface area contributed by atoms with Crippen LogP contribution in [0.25, 0.3) is 0 Å². The molecule has 1 unspecified atom stereocenters. The molecule has 0 radical (unpaired) electrons. The zero-order valence-electron chi connectivity index (χ0n) is 12.5. The smallest absolute Gasteiger partial charge is 0.427 e. The van der Waals surface area contributed by atoms with E-state index in [-0.39, 0.29) is 5.54 Å². The van der Waals surface area contributed by atoms with Crippen LogP contribution in [0.2, 0.25) is 6.32 Å². The lowest BCUT2D eigenvalue weighted by atomic mass is 9.82. The van der Waals surface area contributed by atoms with Gasteiger partial charge in [-0.15, -0.1) is 0 Å². The van der Waals surface area contributed by atoms with Gasteiger partial charge in [-0.25, -0.2) is 0 Å². The first kappa shape index (κ1) is 16.9. The Morgan fingerprint density at radius 1 is 1.11 bits per heavy atom. The SMILES string of the molecule is CN1CCN(CCC(C)(N)CCCCB(O)O)CC1. The number of piperazine rings is 1. The summed E-state index contributed by atoms with van der Waals surface area (Å²) in [6.45, 7) is 7.76. The van der Waals surface area contributed by atoms with Crippen LogP contribution in [0.4, 0.5) is 0 Å². The van der Waals surface area contributed by atoms with Crippen LogP contribution in [-0.2, 0) is 0 Å². The molecule has 112 valence electrons. The van der Waals surface area contributed by atoms with Gasteiger partial charge in [-0.05, 0) is 39.7 Å². The fourth-order valence-corrected chi connectivity index (χ4v) is 2.47. The lowest BCUT2D eigenvalue weighted by Gasteiger charge is -2.34. The van der Waals surface area contributed by atoms with Crippen molar-refractivity contribution in [1.82, 2.24) is 9.80 Å². The molecule has 0 amide bonds. The highest BCUT2D eigenvalue weighted by molar-refractivity contribution is 6.40. The van der Waals surface area contributed by atoms with Crippen LogP contribution in [0, 0.1) is 0 Å². The number of rotatable bonds is 8. The highest BCUT2D eigenvalue weighted by Gasteiger charge is 2.21. The topological polar surface area (TPSA) is 73.0 Å². The lowest BCUT2D eigenvalue weighted by Crippen LogP contribution is -2.47. The van der Waals surface area contributed by atoms with Gasteiger partial charge >= 0.3 is 7.12 Å². The van der Waals surface area contributed by atoms with Crippen molar-refractivity contribution in [3.8, 4) is 0 Å². The van der Waals surface area contributed by atoms with Gasteiger partial charge in [0, 0.05) is 31.7 Å². The summed E-state index contributed by atoms with van der Waals surface area (Å²) >= 11 is 0. The Morgan fingerprint density at radius 3 is 2.32 bits per heavy atom. The molecule has 1 aliphatic rings. The van der Waals surface area contributed by atoms with Crippen LogP contribution < -0.4 is 5.73 Å². The third kappa shape index (κ3) is 7.90. The van der Waals surface area contributed by atoms with E-state index >= 15 is 0 Å². The van der Waals surface area contributed by atoms with E-state index < -0.39 is 7.12 Å². The Labute approximate surface area is 117 Å². The molecular weight excluding hydrogens is 241 g/mol. The standard InChI is InChI=1S/C13H30BN3O2/c1-13(15,5-3-4-7-14(18)19)6-8-17-11-9-16(2)10-12-17/h18-19H,3-12,15H2,1-2H3. The molecular formula is C13H30BN3O2. The van der Waals surface area contributed by atoms with Crippen LogP contribution in [0.15, 0.2) is 0 Å². The maximum absolute atomic E-state index is 8.79. The van der Waals surface area contributed by atoms with Crippen molar-refractivity contribution in [2.45, 2.75) is 44.5 Å². The van der Waals surface area contributed by atoms with Crippen molar-refractivity contribution in [2.24, 2.45) is 5.73 Å². The van der Waals surface area contributed by atoms with Crippen molar-refractivity contribution in [2.75, 3.05) is 39.8 Å². The first-order valence-electron chi connectivity index (χ1n) is 7.45. The maximum atomic E-state index is 8.79. The number of unbranched alkanes of at least 4 members (excludes halogenated alkanes) is 1. The monoisotopic (exact) mass is 271 g/mol. The summed E-state index contributed by atoms with van der Waals surface area (Å²) in [6.07, 6.45) is 4.21. The zero-order chi connectivity index (χ0) is 14.3. The molecule has 5 nitrogen and oxygen atoms in total. The molecule has 0 bridgehead atoms. The van der Waals surface area contributed by atoms with Gasteiger partial charge in [0.25, 0.3) is 0 Å². The number of nitrogens with two attached hydrogens (primary N) is 1. The van der Waals surface area contributed by atoms with E-state index in [0.29, 0.717) is 6.32 Å². The van der Waals surface area contributed by atoms with Crippen molar-refractivity contribution in [3.63, 3.8) is 0 Å². The molecule has 0 aromatic carbocycles. The molecule has 1 rings (SSSR count). The second-order valence-corrected chi connectivity index (χ2v) is 6.28. The molecule has 1 saturated heterocycles. The molecule has 0 aromatic rings. The van der Waals surface area contributed by atoms with Gasteiger partial charge in [0.15, 0.2) is 0 Å². The number of hydrogen-bond acceptors (Lipinski definition) is 5.